The Morgan fingerprint density at radius 2 is 1.95 bits per heavy atom. The first kappa shape index (κ1) is 17.2. The van der Waals surface area contributed by atoms with E-state index in [-0.39, 0.29) is 11.4 Å². The molecule has 0 saturated carbocycles. The fourth-order valence-electron chi connectivity index (χ4n) is 2.42. The Labute approximate surface area is 124 Å². The molecule has 0 aliphatic heterocycles. The Morgan fingerprint density at radius 3 is 2.50 bits per heavy atom. The van der Waals surface area contributed by atoms with Gasteiger partial charge in [0.15, 0.2) is 0 Å². The van der Waals surface area contributed by atoms with Crippen LogP contribution in [0.2, 0.25) is 0 Å². The minimum atomic E-state index is -0.131. The second-order valence-electron chi connectivity index (χ2n) is 7.08. The van der Waals surface area contributed by atoms with Gasteiger partial charge in [0.1, 0.15) is 5.82 Å². The van der Waals surface area contributed by atoms with Crippen molar-refractivity contribution in [2.75, 3.05) is 6.54 Å². The molecule has 2 atom stereocenters. The van der Waals surface area contributed by atoms with E-state index in [0.717, 1.165) is 24.4 Å². The fourth-order valence-corrected chi connectivity index (χ4v) is 2.42. The largest absolute Gasteiger partial charge is 0.312 e. The number of rotatable bonds is 7. The van der Waals surface area contributed by atoms with E-state index in [2.05, 4.69) is 39.9 Å². The monoisotopic (exact) mass is 279 g/mol. The summed E-state index contributed by atoms with van der Waals surface area (Å²) in [4.78, 5) is 0. The summed E-state index contributed by atoms with van der Waals surface area (Å²) in [5.41, 5.74) is 1.24. The van der Waals surface area contributed by atoms with Gasteiger partial charge in [0, 0.05) is 5.54 Å². The van der Waals surface area contributed by atoms with Crippen molar-refractivity contribution >= 4 is 0 Å². The van der Waals surface area contributed by atoms with E-state index >= 15 is 0 Å². The standard InChI is InChI=1S/C18H30FN/c1-6-14(2)10-16(13-20-18(3,4)5)11-15-8-7-9-17(19)12-15/h7-9,12,14,16,20H,6,10-11,13H2,1-5H3. The van der Waals surface area contributed by atoms with Gasteiger partial charge in [0.25, 0.3) is 0 Å². The topological polar surface area (TPSA) is 12.0 Å². The SMILES string of the molecule is CCC(C)CC(CNC(C)(C)C)Cc1cccc(F)c1. The van der Waals surface area contributed by atoms with Crippen molar-refractivity contribution < 1.29 is 4.39 Å². The molecule has 0 radical (unpaired) electrons. The molecule has 0 saturated heterocycles. The maximum Gasteiger partial charge on any atom is 0.123 e. The summed E-state index contributed by atoms with van der Waals surface area (Å²) in [5, 5.41) is 3.59. The van der Waals surface area contributed by atoms with Crippen LogP contribution in [0, 0.1) is 17.7 Å². The minimum Gasteiger partial charge on any atom is -0.312 e. The van der Waals surface area contributed by atoms with Crippen LogP contribution in [0.25, 0.3) is 0 Å². The quantitative estimate of drug-likeness (QED) is 0.755. The predicted molar refractivity (Wildman–Crippen MR) is 85.4 cm³/mol. The smallest absolute Gasteiger partial charge is 0.123 e. The average Bonchev–Trinajstić information content (AvgIpc) is 2.35. The molecule has 1 aromatic carbocycles. The summed E-state index contributed by atoms with van der Waals surface area (Å²) < 4.78 is 13.3. The average molecular weight is 279 g/mol. The van der Waals surface area contributed by atoms with Crippen LogP contribution in [0.15, 0.2) is 24.3 Å². The lowest BCUT2D eigenvalue weighted by Gasteiger charge is -2.27. The van der Waals surface area contributed by atoms with Crippen molar-refractivity contribution in [3.05, 3.63) is 35.6 Å². The highest BCUT2D eigenvalue weighted by Gasteiger charge is 2.17. The van der Waals surface area contributed by atoms with Gasteiger partial charge in [-0.05, 0) is 69.7 Å². The van der Waals surface area contributed by atoms with Crippen LogP contribution in [0.3, 0.4) is 0 Å². The van der Waals surface area contributed by atoms with Gasteiger partial charge < -0.3 is 5.32 Å². The molecule has 20 heavy (non-hydrogen) atoms. The van der Waals surface area contributed by atoms with Gasteiger partial charge in [0.2, 0.25) is 0 Å². The van der Waals surface area contributed by atoms with E-state index < -0.39 is 0 Å². The summed E-state index contributed by atoms with van der Waals surface area (Å²) in [6, 6.07) is 7.02. The van der Waals surface area contributed by atoms with Crippen LogP contribution < -0.4 is 5.32 Å². The van der Waals surface area contributed by atoms with Gasteiger partial charge in [-0.1, -0.05) is 32.4 Å². The normalized spacial score (nSPS) is 15.1. The van der Waals surface area contributed by atoms with Crippen molar-refractivity contribution in [3.63, 3.8) is 0 Å². The molecule has 114 valence electrons. The molecule has 1 aromatic rings. The van der Waals surface area contributed by atoms with Crippen LogP contribution in [0.5, 0.6) is 0 Å². The Kier molecular flexibility index (Phi) is 6.67. The lowest BCUT2D eigenvalue weighted by atomic mass is 9.88. The minimum absolute atomic E-state index is 0.131. The van der Waals surface area contributed by atoms with Gasteiger partial charge in [0.05, 0.1) is 0 Å². The summed E-state index contributed by atoms with van der Waals surface area (Å²) in [6.45, 7) is 12.1. The third-order valence-corrected chi connectivity index (χ3v) is 3.77. The van der Waals surface area contributed by atoms with Crippen molar-refractivity contribution in [2.45, 2.75) is 59.4 Å². The van der Waals surface area contributed by atoms with Gasteiger partial charge in [-0.3, -0.25) is 0 Å². The molecule has 0 fully saturated rings. The van der Waals surface area contributed by atoms with Crippen LogP contribution in [0.4, 0.5) is 4.39 Å². The first-order chi connectivity index (χ1) is 9.30. The molecule has 2 heteroatoms. The lowest BCUT2D eigenvalue weighted by molar-refractivity contribution is 0.320. The van der Waals surface area contributed by atoms with E-state index in [9.17, 15) is 4.39 Å². The lowest BCUT2D eigenvalue weighted by Crippen LogP contribution is -2.40. The summed E-state index contributed by atoms with van der Waals surface area (Å²) in [6.07, 6.45) is 3.34. The molecule has 0 heterocycles. The highest BCUT2D eigenvalue weighted by atomic mass is 19.1. The summed E-state index contributed by atoms with van der Waals surface area (Å²) in [7, 11) is 0. The van der Waals surface area contributed by atoms with Crippen LogP contribution in [0.1, 0.15) is 53.0 Å². The van der Waals surface area contributed by atoms with Crippen LogP contribution >= 0.6 is 0 Å². The zero-order chi connectivity index (χ0) is 15.2. The van der Waals surface area contributed by atoms with E-state index in [1.54, 1.807) is 6.07 Å². The van der Waals surface area contributed by atoms with Crippen molar-refractivity contribution in [1.82, 2.24) is 5.32 Å². The maximum absolute atomic E-state index is 13.3. The summed E-state index contributed by atoms with van der Waals surface area (Å²) >= 11 is 0. The van der Waals surface area contributed by atoms with Gasteiger partial charge in [-0.2, -0.15) is 0 Å². The molecular weight excluding hydrogens is 249 g/mol. The molecule has 0 spiro atoms. The second-order valence-corrected chi connectivity index (χ2v) is 7.08. The van der Waals surface area contributed by atoms with Crippen molar-refractivity contribution in [2.24, 2.45) is 11.8 Å². The molecule has 0 aliphatic carbocycles. The first-order valence-corrected chi connectivity index (χ1v) is 7.79. The number of nitrogens with one attached hydrogen (secondary N) is 1. The third-order valence-electron chi connectivity index (χ3n) is 3.77. The van der Waals surface area contributed by atoms with E-state index in [1.807, 2.05) is 12.1 Å². The molecule has 1 N–H and O–H groups in total. The second kappa shape index (κ2) is 7.78. The fraction of sp³-hybridized carbons (Fsp3) is 0.667. The van der Waals surface area contributed by atoms with Crippen molar-refractivity contribution in [1.29, 1.82) is 0 Å². The maximum atomic E-state index is 13.3. The molecule has 0 aromatic heterocycles. The molecule has 0 aliphatic rings. The van der Waals surface area contributed by atoms with Crippen molar-refractivity contribution in [3.8, 4) is 0 Å². The molecule has 1 rings (SSSR count). The molecule has 1 nitrogen and oxygen atoms in total. The van der Waals surface area contributed by atoms with Crippen LogP contribution in [-0.2, 0) is 6.42 Å². The number of hydrogen-bond donors (Lipinski definition) is 1. The highest BCUT2D eigenvalue weighted by molar-refractivity contribution is 5.17. The van der Waals surface area contributed by atoms with E-state index in [4.69, 9.17) is 0 Å². The summed E-state index contributed by atoms with van der Waals surface area (Å²) in [5.74, 6) is 1.15. The number of hydrogen-bond acceptors (Lipinski definition) is 1. The third kappa shape index (κ3) is 7.04. The zero-order valence-corrected chi connectivity index (χ0v) is 13.7. The molecule has 0 bridgehead atoms. The molecule has 0 amide bonds. The number of halogens is 1. The van der Waals surface area contributed by atoms with Crippen LogP contribution in [-0.4, -0.2) is 12.1 Å². The Hall–Kier alpha value is -0.890. The van der Waals surface area contributed by atoms with Gasteiger partial charge in [-0.25, -0.2) is 4.39 Å². The van der Waals surface area contributed by atoms with E-state index in [1.165, 1.54) is 18.9 Å². The Morgan fingerprint density at radius 1 is 1.25 bits per heavy atom. The highest BCUT2D eigenvalue weighted by Crippen LogP contribution is 2.20. The van der Waals surface area contributed by atoms with Gasteiger partial charge in [-0.15, -0.1) is 0 Å². The Balaban J connectivity index is 2.66. The Bertz CT molecular complexity index is 395. The molecular formula is C18H30FN. The van der Waals surface area contributed by atoms with E-state index in [0.29, 0.717) is 5.92 Å². The predicted octanol–water partition coefficient (Wildman–Crippen LogP) is 4.81. The number of benzene rings is 1. The first-order valence-electron chi connectivity index (χ1n) is 7.79. The molecule has 2 unspecified atom stereocenters. The van der Waals surface area contributed by atoms with Gasteiger partial charge >= 0.3 is 0 Å². The zero-order valence-electron chi connectivity index (χ0n) is 13.7.